The summed E-state index contributed by atoms with van der Waals surface area (Å²) in [5, 5.41) is 0. The molecule has 0 heterocycles. The first-order chi connectivity index (χ1) is 7.65. The fourth-order valence-corrected chi connectivity index (χ4v) is 1.63. The number of hydrogen-bond acceptors (Lipinski definition) is 2. The highest BCUT2D eigenvalue weighted by atomic mass is 19.1. The van der Waals surface area contributed by atoms with Crippen LogP contribution < -0.4 is 10.6 Å². The molecule has 0 atom stereocenters. The molecule has 90 valence electrons. The normalized spacial score (nSPS) is 10.8. The van der Waals surface area contributed by atoms with Crippen molar-refractivity contribution in [1.29, 1.82) is 0 Å². The third kappa shape index (κ3) is 3.81. The van der Waals surface area contributed by atoms with E-state index < -0.39 is 0 Å². The number of anilines is 1. The smallest absolute Gasteiger partial charge is 0.146 e. The zero-order valence-corrected chi connectivity index (χ0v) is 10.1. The fraction of sp³-hybridized carbons (Fsp3) is 0.538. The SMILES string of the molecule is CC(C)CCN(CCN)c1ccccc1F. The van der Waals surface area contributed by atoms with Crippen LogP contribution in [0.25, 0.3) is 0 Å². The minimum Gasteiger partial charge on any atom is -0.368 e. The van der Waals surface area contributed by atoms with Crippen LogP contribution in [0.4, 0.5) is 10.1 Å². The van der Waals surface area contributed by atoms with E-state index in [-0.39, 0.29) is 5.82 Å². The summed E-state index contributed by atoms with van der Waals surface area (Å²) >= 11 is 0. The van der Waals surface area contributed by atoms with Gasteiger partial charge in [0.15, 0.2) is 0 Å². The molecule has 0 unspecified atom stereocenters. The number of rotatable bonds is 6. The van der Waals surface area contributed by atoms with Crippen LogP contribution in [-0.4, -0.2) is 19.6 Å². The molecule has 1 aromatic rings. The highest BCUT2D eigenvalue weighted by Crippen LogP contribution is 2.19. The second kappa shape index (κ2) is 6.48. The molecule has 0 aliphatic carbocycles. The number of nitrogens with zero attached hydrogens (tertiary/aromatic N) is 1. The van der Waals surface area contributed by atoms with Crippen molar-refractivity contribution in [1.82, 2.24) is 0 Å². The summed E-state index contributed by atoms with van der Waals surface area (Å²) in [7, 11) is 0. The molecule has 0 spiro atoms. The Balaban J connectivity index is 2.73. The molecule has 2 nitrogen and oxygen atoms in total. The van der Waals surface area contributed by atoms with Crippen LogP contribution in [-0.2, 0) is 0 Å². The van der Waals surface area contributed by atoms with Gasteiger partial charge in [-0.15, -0.1) is 0 Å². The summed E-state index contributed by atoms with van der Waals surface area (Å²) in [4.78, 5) is 2.02. The summed E-state index contributed by atoms with van der Waals surface area (Å²) in [6.07, 6.45) is 1.05. The van der Waals surface area contributed by atoms with Crippen molar-refractivity contribution in [3.63, 3.8) is 0 Å². The Kier molecular flexibility index (Phi) is 5.26. The van der Waals surface area contributed by atoms with Crippen molar-refractivity contribution in [3.05, 3.63) is 30.1 Å². The maximum absolute atomic E-state index is 13.6. The lowest BCUT2D eigenvalue weighted by Crippen LogP contribution is -2.31. The summed E-state index contributed by atoms with van der Waals surface area (Å²) in [6, 6.07) is 6.87. The number of hydrogen-bond donors (Lipinski definition) is 1. The molecular weight excluding hydrogens is 203 g/mol. The average Bonchev–Trinajstić information content (AvgIpc) is 2.25. The minimum absolute atomic E-state index is 0.167. The molecule has 3 heteroatoms. The lowest BCUT2D eigenvalue weighted by atomic mass is 10.1. The van der Waals surface area contributed by atoms with Gasteiger partial charge in [-0.1, -0.05) is 26.0 Å². The van der Waals surface area contributed by atoms with Gasteiger partial charge in [0.05, 0.1) is 5.69 Å². The maximum atomic E-state index is 13.6. The zero-order chi connectivity index (χ0) is 12.0. The van der Waals surface area contributed by atoms with Crippen LogP contribution in [0, 0.1) is 11.7 Å². The van der Waals surface area contributed by atoms with E-state index in [9.17, 15) is 4.39 Å². The Morgan fingerprint density at radius 1 is 1.25 bits per heavy atom. The Bertz CT molecular complexity index is 313. The van der Waals surface area contributed by atoms with Crippen LogP contribution in [0.15, 0.2) is 24.3 Å². The third-order valence-corrected chi connectivity index (χ3v) is 2.57. The van der Waals surface area contributed by atoms with Crippen LogP contribution in [0.3, 0.4) is 0 Å². The second-order valence-corrected chi connectivity index (χ2v) is 4.41. The van der Waals surface area contributed by atoms with Crippen molar-refractivity contribution in [2.24, 2.45) is 11.7 Å². The molecule has 0 aromatic heterocycles. The van der Waals surface area contributed by atoms with Gasteiger partial charge in [0, 0.05) is 19.6 Å². The van der Waals surface area contributed by atoms with Crippen molar-refractivity contribution >= 4 is 5.69 Å². The highest BCUT2D eigenvalue weighted by molar-refractivity contribution is 5.47. The van der Waals surface area contributed by atoms with E-state index in [1.165, 1.54) is 6.07 Å². The molecular formula is C13H21FN2. The van der Waals surface area contributed by atoms with Gasteiger partial charge >= 0.3 is 0 Å². The Hall–Kier alpha value is -1.09. The molecule has 0 amide bonds. The molecule has 0 saturated carbocycles. The molecule has 2 N–H and O–H groups in total. The Morgan fingerprint density at radius 2 is 1.94 bits per heavy atom. The van der Waals surface area contributed by atoms with Crippen molar-refractivity contribution in [2.45, 2.75) is 20.3 Å². The van der Waals surface area contributed by atoms with Crippen LogP contribution in [0.1, 0.15) is 20.3 Å². The van der Waals surface area contributed by atoms with Gasteiger partial charge < -0.3 is 10.6 Å². The van der Waals surface area contributed by atoms with Gasteiger partial charge in [0.2, 0.25) is 0 Å². The van der Waals surface area contributed by atoms with Gasteiger partial charge in [-0.3, -0.25) is 0 Å². The Labute approximate surface area is 97.3 Å². The summed E-state index contributed by atoms with van der Waals surface area (Å²) in [5.41, 5.74) is 6.22. The highest BCUT2D eigenvalue weighted by Gasteiger charge is 2.10. The van der Waals surface area contributed by atoms with Crippen LogP contribution >= 0.6 is 0 Å². The van der Waals surface area contributed by atoms with Gasteiger partial charge in [0.1, 0.15) is 5.82 Å². The third-order valence-electron chi connectivity index (χ3n) is 2.57. The topological polar surface area (TPSA) is 29.3 Å². The molecule has 0 radical (unpaired) electrons. The lowest BCUT2D eigenvalue weighted by molar-refractivity contribution is 0.561. The van der Waals surface area contributed by atoms with E-state index in [4.69, 9.17) is 5.73 Å². The van der Waals surface area contributed by atoms with Gasteiger partial charge in [-0.05, 0) is 24.5 Å². The van der Waals surface area contributed by atoms with Crippen molar-refractivity contribution in [3.8, 4) is 0 Å². The van der Waals surface area contributed by atoms with E-state index >= 15 is 0 Å². The average molecular weight is 224 g/mol. The molecule has 0 aliphatic heterocycles. The van der Waals surface area contributed by atoms with E-state index in [1.54, 1.807) is 6.07 Å². The number of nitrogens with two attached hydrogens (primary N) is 1. The molecule has 0 bridgehead atoms. The summed E-state index contributed by atoms with van der Waals surface area (Å²) in [5.74, 6) is 0.451. The zero-order valence-electron chi connectivity index (χ0n) is 10.1. The molecule has 0 fully saturated rings. The van der Waals surface area contributed by atoms with Gasteiger partial charge in [0.25, 0.3) is 0 Å². The number of para-hydroxylation sites is 1. The Morgan fingerprint density at radius 3 is 2.50 bits per heavy atom. The minimum atomic E-state index is -0.167. The summed E-state index contributed by atoms with van der Waals surface area (Å²) < 4.78 is 13.6. The first kappa shape index (κ1) is 13.0. The lowest BCUT2D eigenvalue weighted by Gasteiger charge is -2.25. The molecule has 1 rings (SSSR count). The maximum Gasteiger partial charge on any atom is 0.146 e. The molecule has 0 aliphatic rings. The number of benzene rings is 1. The van der Waals surface area contributed by atoms with E-state index in [2.05, 4.69) is 13.8 Å². The van der Waals surface area contributed by atoms with Crippen LogP contribution in [0.5, 0.6) is 0 Å². The quantitative estimate of drug-likeness (QED) is 0.805. The predicted octanol–water partition coefficient (Wildman–Crippen LogP) is 2.64. The predicted molar refractivity (Wildman–Crippen MR) is 67.1 cm³/mol. The first-order valence-corrected chi connectivity index (χ1v) is 5.84. The van der Waals surface area contributed by atoms with E-state index in [1.807, 2.05) is 17.0 Å². The number of halogens is 1. The molecule has 1 aromatic carbocycles. The van der Waals surface area contributed by atoms with Crippen molar-refractivity contribution < 1.29 is 4.39 Å². The fourth-order valence-electron chi connectivity index (χ4n) is 1.63. The largest absolute Gasteiger partial charge is 0.368 e. The van der Waals surface area contributed by atoms with E-state index in [0.717, 1.165) is 13.0 Å². The monoisotopic (exact) mass is 224 g/mol. The molecule has 0 saturated heterocycles. The van der Waals surface area contributed by atoms with Crippen molar-refractivity contribution in [2.75, 3.05) is 24.5 Å². The second-order valence-electron chi connectivity index (χ2n) is 4.41. The summed E-state index contributed by atoms with van der Waals surface area (Å²) in [6.45, 7) is 6.44. The van der Waals surface area contributed by atoms with Gasteiger partial charge in [-0.25, -0.2) is 4.39 Å². The van der Waals surface area contributed by atoms with Gasteiger partial charge in [-0.2, -0.15) is 0 Å². The standard InChI is InChI=1S/C13H21FN2/c1-11(2)7-9-16(10-8-15)13-6-4-3-5-12(13)14/h3-6,11H,7-10,15H2,1-2H3. The first-order valence-electron chi connectivity index (χ1n) is 5.84. The molecule has 16 heavy (non-hydrogen) atoms. The van der Waals surface area contributed by atoms with E-state index in [0.29, 0.717) is 24.7 Å². The van der Waals surface area contributed by atoms with Crippen LogP contribution in [0.2, 0.25) is 0 Å².